The van der Waals surface area contributed by atoms with Gasteiger partial charge < -0.3 is 20.3 Å². The van der Waals surface area contributed by atoms with Crippen molar-refractivity contribution in [1.82, 2.24) is 5.32 Å². The fourth-order valence-corrected chi connectivity index (χ4v) is 6.93. The van der Waals surface area contributed by atoms with Crippen LogP contribution < -0.4 is 5.32 Å². The van der Waals surface area contributed by atoms with Crippen molar-refractivity contribution in [2.24, 2.45) is 0 Å². The van der Waals surface area contributed by atoms with Crippen molar-refractivity contribution >= 4 is 11.9 Å². The molecule has 0 rings (SSSR count). The molecule has 3 unspecified atom stereocenters. The Morgan fingerprint density at radius 1 is 0.508 bits per heavy atom. The monoisotopic (exact) mass is 822 g/mol. The van der Waals surface area contributed by atoms with Crippen molar-refractivity contribution in [3.8, 4) is 0 Å². The Morgan fingerprint density at radius 2 is 0.932 bits per heavy atom. The van der Waals surface area contributed by atoms with Gasteiger partial charge in [0.25, 0.3) is 0 Å². The summed E-state index contributed by atoms with van der Waals surface area (Å²) in [6, 6.07) is -0.716. The second kappa shape index (κ2) is 46.1. The lowest BCUT2D eigenvalue weighted by Gasteiger charge is -2.24. The van der Waals surface area contributed by atoms with E-state index in [9.17, 15) is 19.8 Å². The van der Waals surface area contributed by atoms with E-state index in [0.29, 0.717) is 19.3 Å². The molecule has 0 saturated carbocycles. The molecule has 6 nitrogen and oxygen atoms in total. The lowest BCUT2D eigenvalue weighted by Crippen LogP contribution is -2.46. The number of hydrogen-bond donors (Lipinski definition) is 3. The van der Waals surface area contributed by atoms with Crippen LogP contribution in [-0.4, -0.2) is 46.9 Å². The average Bonchev–Trinajstić information content (AvgIpc) is 3.23. The van der Waals surface area contributed by atoms with Gasteiger partial charge in [-0.25, -0.2) is 0 Å². The van der Waals surface area contributed by atoms with Gasteiger partial charge in [-0.2, -0.15) is 0 Å². The van der Waals surface area contributed by atoms with Gasteiger partial charge in [-0.1, -0.05) is 215 Å². The molecule has 0 spiro atoms. The predicted molar refractivity (Wildman–Crippen MR) is 254 cm³/mol. The quantitative estimate of drug-likeness (QED) is 0.0247. The fourth-order valence-electron chi connectivity index (χ4n) is 6.93. The molecule has 0 radical (unpaired) electrons. The zero-order chi connectivity index (χ0) is 43.1. The molecule has 3 N–H and O–H groups in total. The summed E-state index contributed by atoms with van der Waals surface area (Å²) in [4.78, 5) is 26.1. The second-order valence-electron chi connectivity index (χ2n) is 16.3. The lowest BCUT2D eigenvalue weighted by atomic mass is 10.0. The second-order valence-corrected chi connectivity index (χ2v) is 16.3. The number of carbonyl (C=O) groups is 2. The standard InChI is InChI=1S/C53H91NO5/c1-4-7-10-13-16-19-22-24-25-26-27-29-31-34-37-40-43-46-53(58)59-49(44-41-38-35-32-30-28-23-20-17-14-11-8-5-2)47-52(57)54-50(48-55)51(56)45-42-39-36-33-21-18-15-12-9-6-3/h7,10,13,16,19-20,22-27,29,31,49-51,55-56H,4-6,8-9,11-12,14-15,17-18,21,28,30,32-48H2,1-3H3,(H,54,57)/b10-7-,16-13+,22-19+,23-20-,25-24-,27-26+,31-29+. The minimum absolute atomic E-state index is 0.0494. The van der Waals surface area contributed by atoms with Crippen LogP contribution in [0.4, 0.5) is 0 Å². The molecule has 0 aliphatic heterocycles. The summed E-state index contributed by atoms with van der Waals surface area (Å²) in [5, 5.41) is 23.7. The third-order valence-corrected chi connectivity index (χ3v) is 10.6. The highest BCUT2D eigenvalue weighted by Crippen LogP contribution is 2.17. The molecule has 0 aromatic heterocycles. The van der Waals surface area contributed by atoms with Gasteiger partial charge in [0, 0.05) is 6.42 Å². The van der Waals surface area contributed by atoms with Gasteiger partial charge in [0.2, 0.25) is 5.91 Å². The molecule has 0 saturated heterocycles. The molecule has 59 heavy (non-hydrogen) atoms. The molecule has 1 amide bonds. The summed E-state index contributed by atoms with van der Waals surface area (Å²) in [6.07, 6.45) is 59.2. The van der Waals surface area contributed by atoms with E-state index in [1.165, 1.54) is 89.9 Å². The van der Waals surface area contributed by atoms with Gasteiger partial charge >= 0.3 is 5.97 Å². The maximum atomic E-state index is 13.2. The molecule has 0 aromatic rings. The summed E-state index contributed by atoms with van der Waals surface area (Å²) in [5.74, 6) is -0.540. The van der Waals surface area contributed by atoms with Crippen LogP contribution in [-0.2, 0) is 14.3 Å². The molecule has 0 fully saturated rings. The number of ether oxygens (including phenoxy) is 1. The van der Waals surface area contributed by atoms with E-state index in [1.54, 1.807) is 0 Å². The Hall–Kier alpha value is -2.96. The summed E-state index contributed by atoms with van der Waals surface area (Å²) in [6.45, 7) is 6.29. The number of unbranched alkanes of at least 4 members (excludes halogenated alkanes) is 21. The highest BCUT2D eigenvalue weighted by molar-refractivity contribution is 5.77. The SMILES string of the molecule is CC\C=C/C=C/C=C/C=C\C=C\C=C\CCCCCC(=O)OC(CCCCCCC/C=C\CCCCCC)CC(=O)NC(CO)C(O)CCCCCCCCCCCC. The smallest absolute Gasteiger partial charge is 0.306 e. The van der Waals surface area contributed by atoms with E-state index < -0.39 is 18.2 Å². The van der Waals surface area contributed by atoms with E-state index in [0.717, 1.165) is 77.0 Å². The summed E-state index contributed by atoms with van der Waals surface area (Å²) in [5.41, 5.74) is 0. The molecular formula is C53H91NO5. The first-order chi connectivity index (χ1) is 29.0. The molecule has 338 valence electrons. The molecular weight excluding hydrogens is 731 g/mol. The first kappa shape index (κ1) is 56.0. The van der Waals surface area contributed by atoms with Gasteiger partial charge in [0.1, 0.15) is 6.10 Å². The van der Waals surface area contributed by atoms with Crippen molar-refractivity contribution in [2.45, 2.75) is 232 Å². The summed E-state index contributed by atoms with van der Waals surface area (Å²) in [7, 11) is 0. The Balaban J connectivity index is 4.71. The van der Waals surface area contributed by atoms with E-state index in [-0.39, 0.29) is 24.9 Å². The highest BCUT2D eigenvalue weighted by atomic mass is 16.5. The van der Waals surface area contributed by atoms with E-state index in [1.807, 2.05) is 54.7 Å². The van der Waals surface area contributed by atoms with Crippen LogP contribution in [0.2, 0.25) is 0 Å². The van der Waals surface area contributed by atoms with E-state index >= 15 is 0 Å². The minimum atomic E-state index is -0.800. The first-order valence-electron chi connectivity index (χ1n) is 24.4. The van der Waals surface area contributed by atoms with Gasteiger partial charge in [-0.05, 0) is 70.6 Å². The average molecular weight is 822 g/mol. The minimum Gasteiger partial charge on any atom is -0.462 e. The van der Waals surface area contributed by atoms with Crippen LogP contribution in [0.25, 0.3) is 0 Å². The Morgan fingerprint density at radius 3 is 1.46 bits per heavy atom. The number of aliphatic hydroxyl groups excluding tert-OH is 2. The van der Waals surface area contributed by atoms with Crippen molar-refractivity contribution in [2.75, 3.05) is 6.61 Å². The number of aliphatic hydroxyl groups is 2. The lowest BCUT2D eigenvalue weighted by molar-refractivity contribution is -0.151. The molecule has 0 aliphatic rings. The Bertz CT molecular complexity index is 1150. The van der Waals surface area contributed by atoms with Crippen LogP contribution >= 0.6 is 0 Å². The fraction of sp³-hybridized carbons (Fsp3) is 0.698. The van der Waals surface area contributed by atoms with Gasteiger partial charge in [0.05, 0.1) is 25.2 Å². The maximum Gasteiger partial charge on any atom is 0.306 e. The molecule has 0 heterocycles. The molecule has 0 bridgehead atoms. The predicted octanol–water partition coefficient (Wildman–Crippen LogP) is 14.4. The number of rotatable bonds is 42. The number of nitrogens with one attached hydrogen (secondary N) is 1. The topological polar surface area (TPSA) is 95.9 Å². The maximum absolute atomic E-state index is 13.2. The summed E-state index contributed by atoms with van der Waals surface area (Å²) < 4.78 is 5.90. The van der Waals surface area contributed by atoms with Crippen molar-refractivity contribution in [1.29, 1.82) is 0 Å². The number of hydrogen-bond acceptors (Lipinski definition) is 5. The van der Waals surface area contributed by atoms with E-state index in [4.69, 9.17) is 4.74 Å². The number of amides is 1. The van der Waals surface area contributed by atoms with Gasteiger partial charge in [-0.15, -0.1) is 0 Å². The van der Waals surface area contributed by atoms with Crippen molar-refractivity contribution in [3.05, 3.63) is 85.1 Å². The van der Waals surface area contributed by atoms with Crippen molar-refractivity contribution in [3.63, 3.8) is 0 Å². The van der Waals surface area contributed by atoms with Crippen LogP contribution in [0.1, 0.15) is 213 Å². The zero-order valence-electron chi connectivity index (χ0n) is 38.4. The third kappa shape index (κ3) is 41.6. The van der Waals surface area contributed by atoms with E-state index in [2.05, 4.69) is 56.5 Å². The Kier molecular flexibility index (Phi) is 43.8. The zero-order valence-corrected chi connectivity index (χ0v) is 38.4. The largest absolute Gasteiger partial charge is 0.462 e. The van der Waals surface area contributed by atoms with Crippen LogP contribution in [0.3, 0.4) is 0 Å². The highest BCUT2D eigenvalue weighted by Gasteiger charge is 2.24. The molecule has 3 atom stereocenters. The molecule has 0 aromatic carbocycles. The van der Waals surface area contributed by atoms with Crippen LogP contribution in [0, 0.1) is 0 Å². The van der Waals surface area contributed by atoms with Gasteiger partial charge in [0.15, 0.2) is 0 Å². The van der Waals surface area contributed by atoms with Gasteiger partial charge in [-0.3, -0.25) is 9.59 Å². The Labute approximate surface area is 363 Å². The number of esters is 1. The summed E-state index contributed by atoms with van der Waals surface area (Å²) >= 11 is 0. The molecule has 0 aliphatic carbocycles. The number of carbonyl (C=O) groups excluding carboxylic acids is 2. The first-order valence-corrected chi connectivity index (χ1v) is 24.4. The van der Waals surface area contributed by atoms with Crippen LogP contribution in [0.5, 0.6) is 0 Å². The molecule has 6 heteroatoms. The normalized spacial score (nSPS) is 14.1. The van der Waals surface area contributed by atoms with Crippen molar-refractivity contribution < 1.29 is 24.5 Å². The number of allylic oxidation sites excluding steroid dienone is 14. The third-order valence-electron chi connectivity index (χ3n) is 10.6. The van der Waals surface area contributed by atoms with Crippen LogP contribution in [0.15, 0.2) is 85.1 Å².